The predicted octanol–water partition coefficient (Wildman–Crippen LogP) is 2.09. The first kappa shape index (κ1) is 14.7. The Morgan fingerprint density at radius 2 is 2.11 bits per heavy atom. The van der Waals surface area contributed by atoms with Gasteiger partial charge in [0, 0.05) is 23.8 Å². The molecular weight excluding hydrogens is 330 g/mol. The number of nitrogen functional groups attached to an aromatic ring is 1. The van der Waals surface area contributed by atoms with Crippen LogP contribution in [0, 0.1) is 11.8 Å². The molecular formula is C12H18BrN3O2S. The van der Waals surface area contributed by atoms with Gasteiger partial charge in [-0.2, -0.15) is 4.31 Å². The number of aromatic nitrogens is 1. The molecule has 1 aromatic rings. The summed E-state index contributed by atoms with van der Waals surface area (Å²) < 4.78 is 27.3. The highest BCUT2D eigenvalue weighted by molar-refractivity contribution is 9.10. The maximum Gasteiger partial charge on any atom is 0.246 e. The van der Waals surface area contributed by atoms with Crippen molar-refractivity contribution in [3.63, 3.8) is 0 Å². The molecule has 1 fully saturated rings. The number of pyridine rings is 1. The van der Waals surface area contributed by atoms with Crippen LogP contribution < -0.4 is 5.73 Å². The van der Waals surface area contributed by atoms with E-state index >= 15 is 0 Å². The summed E-state index contributed by atoms with van der Waals surface area (Å²) in [5.41, 5.74) is 5.71. The van der Waals surface area contributed by atoms with Gasteiger partial charge in [0.05, 0.1) is 0 Å². The van der Waals surface area contributed by atoms with E-state index in [9.17, 15) is 8.42 Å². The zero-order valence-electron chi connectivity index (χ0n) is 11.0. The van der Waals surface area contributed by atoms with Crippen LogP contribution in [0.25, 0.3) is 0 Å². The van der Waals surface area contributed by atoms with Crippen molar-refractivity contribution in [3.05, 3.63) is 16.7 Å². The summed E-state index contributed by atoms with van der Waals surface area (Å²) in [5.74, 6) is 0.948. The molecule has 106 valence electrons. The minimum Gasteiger partial charge on any atom is -0.383 e. The van der Waals surface area contributed by atoms with E-state index in [4.69, 9.17) is 5.73 Å². The van der Waals surface area contributed by atoms with Gasteiger partial charge < -0.3 is 5.73 Å². The molecule has 2 rings (SSSR count). The lowest BCUT2D eigenvalue weighted by Crippen LogP contribution is -2.42. The summed E-state index contributed by atoms with van der Waals surface area (Å²) in [6, 6.07) is 1.51. The maximum absolute atomic E-state index is 12.6. The predicted molar refractivity (Wildman–Crippen MR) is 78.1 cm³/mol. The summed E-state index contributed by atoms with van der Waals surface area (Å²) in [5, 5.41) is 0. The van der Waals surface area contributed by atoms with Crippen LogP contribution in [0.5, 0.6) is 0 Å². The third-order valence-corrected chi connectivity index (χ3v) is 6.09. The molecule has 2 heterocycles. The average molecular weight is 348 g/mol. The van der Waals surface area contributed by atoms with Crippen LogP contribution in [0.15, 0.2) is 21.6 Å². The second kappa shape index (κ2) is 5.38. The largest absolute Gasteiger partial charge is 0.383 e. The van der Waals surface area contributed by atoms with E-state index in [1.165, 1.54) is 16.6 Å². The Balaban J connectivity index is 2.35. The minimum atomic E-state index is -3.56. The van der Waals surface area contributed by atoms with Crippen molar-refractivity contribution in [2.45, 2.75) is 25.2 Å². The quantitative estimate of drug-likeness (QED) is 0.888. The maximum atomic E-state index is 12.6. The molecule has 2 N–H and O–H groups in total. The van der Waals surface area contributed by atoms with Crippen LogP contribution in [-0.4, -0.2) is 30.8 Å². The molecule has 0 radical (unpaired) electrons. The van der Waals surface area contributed by atoms with Crippen LogP contribution in [0.1, 0.15) is 20.3 Å². The number of hydrogen-bond donors (Lipinski definition) is 1. The van der Waals surface area contributed by atoms with E-state index in [-0.39, 0.29) is 10.7 Å². The Kier molecular flexibility index (Phi) is 4.17. The highest BCUT2D eigenvalue weighted by Crippen LogP contribution is 2.29. The molecule has 0 saturated carbocycles. The van der Waals surface area contributed by atoms with Gasteiger partial charge in [0.15, 0.2) is 0 Å². The van der Waals surface area contributed by atoms with Gasteiger partial charge in [-0.1, -0.05) is 13.8 Å². The minimum absolute atomic E-state index is 0.0504. The second-order valence-electron chi connectivity index (χ2n) is 5.14. The lowest BCUT2D eigenvalue weighted by atomic mass is 9.90. The number of sulfonamides is 1. The number of nitrogens with zero attached hydrogens (tertiary/aromatic N) is 2. The topological polar surface area (TPSA) is 76.3 Å². The number of halogens is 1. The van der Waals surface area contributed by atoms with E-state index in [1.807, 2.05) is 0 Å². The molecule has 0 aromatic carbocycles. The third-order valence-electron chi connectivity index (χ3n) is 3.76. The summed E-state index contributed by atoms with van der Waals surface area (Å²) in [6.07, 6.45) is 2.37. The molecule has 1 aliphatic rings. The zero-order valence-corrected chi connectivity index (χ0v) is 13.4. The molecule has 7 heteroatoms. The van der Waals surface area contributed by atoms with Gasteiger partial charge >= 0.3 is 0 Å². The number of anilines is 1. The molecule has 19 heavy (non-hydrogen) atoms. The third kappa shape index (κ3) is 2.93. The van der Waals surface area contributed by atoms with Crippen molar-refractivity contribution in [1.82, 2.24) is 9.29 Å². The van der Waals surface area contributed by atoms with Crippen LogP contribution in [0.3, 0.4) is 0 Å². The van der Waals surface area contributed by atoms with Crippen molar-refractivity contribution in [2.75, 3.05) is 18.8 Å². The lowest BCUT2D eigenvalue weighted by Gasteiger charge is -2.34. The number of rotatable bonds is 2. The monoisotopic (exact) mass is 347 g/mol. The van der Waals surface area contributed by atoms with Crippen molar-refractivity contribution >= 4 is 31.8 Å². The molecule has 1 saturated heterocycles. The number of hydrogen-bond acceptors (Lipinski definition) is 4. The van der Waals surface area contributed by atoms with Crippen LogP contribution in [0.2, 0.25) is 0 Å². The number of nitrogens with two attached hydrogens (primary N) is 1. The van der Waals surface area contributed by atoms with Gasteiger partial charge in [-0.15, -0.1) is 0 Å². The van der Waals surface area contributed by atoms with Crippen LogP contribution in [-0.2, 0) is 10.0 Å². The Morgan fingerprint density at radius 3 is 2.74 bits per heavy atom. The standard InChI is InChI=1S/C12H18BrN3O2S/c1-8-3-4-16(7-9(8)2)19(17,18)11-5-10(13)6-15-12(11)14/h5-6,8-9H,3-4,7H2,1-2H3,(H2,14,15). The summed E-state index contributed by atoms with van der Waals surface area (Å²) >= 11 is 3.23. The summed E-state index contributed by atoms with van der Waals surface area (Å²) in [6.45, 7) is 5.31. The van der Waals surface area contributed by atoms with Crippen LogP contribution >= 0.6 is 15.9 Å². The zero-order chi connectivity index (χ0) is 14.2. The molecule has 1 aliphatic heterocycles. The summed E-state index contributed by atoms with van der Waals surface area (Å²) in [7, 11) is -3.56. The van der Waals surface area contributed by atoms with Crippen molar-refractivity contribution < 1.29 is 8.42 Å². The molecule has 2 unspecified atom stereocenters. The Morgan fingerprint density at radius 1 is 1.42 bits per heavy atom. The lowest BCUT2D eigenvalue weighted by molar-refractivity contribution is 0.212. The first-order valence-electron chi connectivity index (χ1n) is 6.23. The van der Waals surface area contributed by atoms with Gasteiger partial charge in [-0.3, -0.25) is 0 Å². The van der Waals surface area contributed by atoms with Gasteiger partial charge in [0.25, 0.3) is 0 Å². The molecule has 1 aromatic heterocycles. The van der Waals surface area contributed by atoms with Crippen molar-refractivity contribution in [3.8, 4) is 0 Å². The Hall–Kier alpha value is -0.660. The first-order valence-corrected chi connectivity index (χ1v) is 8.47. The molecule has 0 spiro atoms. The molecule has 0 aliphatic carbocycles. The average Bonchev–Trinajstić information content (AvgIpc) is 2.35. The van der Waals surface area contributed by atoms with E-state index in [1.54, 1.807) is 0 Å². The Bertz CT molecular complexity index is 576. The fourth-order valence-corrected chi connectivity index (χ4v) is 4.35. The van der Waals surface area contributed by atoms with E-state index in [0.717, 1.165) is 6.42 Å². The number of piperidine rings is 1. The second-order valence-corrected chi connectivity index (χ2v) is 7.97. The SMILES string of the molecule is CC1CCN(S(=O)(=O)c2cc(Br)cnc2N)CC1C. The van der Waals surface area contributed by atoms with E-state index in [0.29, 0.717) is 29.4 Å². The summed E-state index contributed by atoms with van der Waals surface area (Å²) in [4.78, 5) is 3.99. The van der Waals surface area contributed by atoms with E-state index in [2.05, 4.69) is 34.8 Å². The van der Waals surface area contributed by atoms with Gasteiger partial charge in [-0.05, 0) is 40.3 Å². The highest BCUT2D eigenvalue weighted by Gasteiger charge is 2.33. The van der Waals surface area contributed by atoms with Crippen molar-refractivity contribution in [2.24, 2.45) is 11.8 Å². The van der Waals surface area contributed by atoms with Gasteiger partial charge in [0.1, 0.15) is 10.7 Å². The first-order chi connectivity index (χ1) is 8.82. The van der Waals surface area contributed by atoms with Crippen molar-refractivity contribution in [1.29, 1.82) is 0 Å². The van der Waals surface area contributed by atoms with Gasteiger partial charge in [-0.25, -0.2) is 13.4 Å². The Labute approximate surface area is 122 Å². The smallest absolute Gasteiger partial charge is 0.246 e. The van der Waals surface area contributed by atoms with E-state index < -0.39 is 10.0 Å². The molecule has 5 nitrogen and oxygen atoms in total. The van der Waals surface area contributed by atoms with Crippen LogP contribution in [0.4, 0.5) is 5.82 Å². The fourth-order valence-electron chi connectivity index (χ4n) is 2.22. The normalized spacial score (nSPS) is 25.4. The molecule has 0 bridgehead atoms. The fraction of sp³-hybridized carbons (Fsp3) is 0.583. The highest BCUT2D eigenvalue weighted by atomic mass is 79.9. The molecule has 0 amide bonds. The molecule has 2 atom stereocenters. The van der Waals surface area contributed by atoms with Gasteiger partial charge in [0.2, 0.25) is 10.0 Å².